The van der Waals surface area contributed by atoms with Gasteiger partial charge in [0.15, 0.2) is 0 Å². The summed E-state index contributed by atoms with van der Waals surface area (Å²) in [6.45, 7) is 0. The molecule has 0 bridgehead atoms. The van der Waals surface area contributed by atoms with E-state index in [0.29, 0.717) is 0 Å². The SMILES string of the molecule is COC(=O)C=Cc1cccc(C(=O)OC)c1F. The van der Waals surface area contributed by atoms with Gasteiger partial charge in [-0.3, -0.25) is 0 Å². The lowest BCUT2D eigenvalue weighted by molar-refractivity contribution is -0.134. The van der Waals surface area contributed by atoms with Crippen molar-refractivity contribution in [3.63, 3.8) is 0 Å². The molecule has 0 saturated carbocycles. The minimum absolute atomic E-state index is 0.110. The topological polar surface area (TPSA) is 52.6 Å². The van der Waals surface area contributed by atoms with Crippen LogP contribution in [0, 0.1) is 5.82 Å². The van der Waals surface area contributed by atoms with Crippen LogP contribution in [0.15, 0.2) is 24.3 Å². The quantitative estimate of drug-likeness (QED) is 0.595. The molecule has 0 saturated heterocycles. The molecule has 1 rings (SSSR count). The van der Waals surface area contributed by atoms with Crippen LogP contribution in [0.5, 0.6) is 0 Å². The average molecular weight is 238 g/mol. The number of carbonyl (C=O) groups is 2. The van der Waals surface area contributed by atoms with Crippen molar-refractivity contribution in [2.24, 2.45) is 0 Å². The highest BCUT2D eigenvalue weighted by atomic mass is 19.1. The molecule has 5 heteroatoms. The molecular formula is C12H11FO4. The standard InChI is InChI=1S/C12H11FO4/c1-16-10(14)7-6-8-4-3-5-9(11(8)13)12(15)17-2/h3-7H,1-2H3. The van der Waals surface area contributed by atoms with Crippen LogP contribution < -0.4 is 0 Å². The van der Waals surface area contributed by atoms with Crippen LogP contribution in [0.25, 0.3) is 6.08 Å². The van der Waals surface area contributed by atoms with E-state index in [2.05, 4.69) is 9.47 Å². The van der Waals surface area contributed by atoms with Gasteiger partial charge in [0.1, 0.15) is 5.82 Å². The molecule has 0 N–H and O–H groups in total. The fourth-order valence-electron chi connectivity index (χ4n) is 1.17. The summed E-state index contributed by atoms with van der Waals surface area (Å²) in [5.41, 5.74) is -0.0715. The van der Waals surface area contributed by atoms with Crippen molar-refractivity contribution in [1.29, 1.82) is 0 Å². The van der Waals surface area contributed by atoms with Crippen LogP contribution in [0.3, 0.4) is 0 Å². The highest BCUT2D eigenvalue weighted by Gasteiger charge is 2.13. The summed E-state index contributed by atoms with van der Waals surface area (Å²) in [6, 6.07) is 4.23. The number of hydrogen-bond donors (Lipinski definition) is 0. The number of rotatable bonds is 3. The normalized spacial score (nSPS) is 10.3. The minimum atomic E-state index is -0.768. The van der Waals surface area contributed by atoms with E-state index < -0.39 is 17.8 Å². The molecule has 0 spiro atoms. The van der Waals surface area contributed by atoms with E-state index >= 15 is 0 Å². The van der Waals surface area contributed by atoms with Gasteiger partial charge >= 0.3 is 11.9 Å². The zero-order valence-electron chi connectivity index (χ0n) is 9.40. The van der Waals surface area contributed by atoms with Crippen molar-refractivity contribution in [3.05, 3.63) is 41.2 Å². The van der Waals surface area contributed by atoms with Crippen LogP contribution in [0.2, 0.25) is 0 Å². The number of halogens is 1. The smallest absolute Gasteiger partial charge is 0.340 e. The molecule has 1 aromatic carbocycles. The van der Waals surface area contributed by atoms with Crippen molar-refractivity contribution in [3.8, 4) is 0 Å². The zero-order chi connectivity index (χ0) is 12.8. The number of benzene rings is 1. The van der Waals surface area contributed by atoms with Crippen LogP contribution in [0.4, 0.5) is 4.39 Å². The van der Waals surface area contributed by atoms with E-state index in [1.165, 1.54) is 38.5 Å². The van der Waals surface area contributed by atoms with E-state index in [-0.39, 0.29) is 11.1 Å². The van der Waals surface area contributed by atoms with Crippen LogP contribution in [0.1, 0.15) is 15.9 Å². The Morgan fingerprint density at radius 1 is 1.24 bits per heavy atom. The van der Waals surface area contributed by atoms with Gasteiger partial charge in [-0.25, -0.2) is 14.0 Å². The number of hydrogen-bond acceptors (Lipinski definition) is 4. The monoisotopic (exact) mass is 238 g/mol. The number of methoxy groups -OCH3 is 2. The van der Waals surface area contributed by atoms with Gasteiger partial charge in [0, 0.05) is 11.6 Å². The Morgan fingerprint density at radius 2 is 1.94 bits per heavy atom. The van der Waals surface area contributed by atoms with Gasteiger partial charge in [-0.05, 0) is 12.1 Å². The maximum atomic E-state index is 13.8. The summed E-state index contributed by atoms with van der Waals surface area (Å²) >= 11 is 0. The molecule has 0 aliphatic heterocycles. The third-order valence-electron chi connectivity index (χ3n) is 2.03. The molecule has 0 fully saturated rings. The van der Waals surface area contributed by atoms with Crippen molar-refractivity contribution in [2.75, 3.05) is 14.2 Å². The molecular weight excluding hydrogens is 227 g/mol. The van der Waals surface area contributed by atoms with Gasteiger partial charge in [-0.1, -0.05) is 12.1 Å². The zero-order valence-corrected chi connectivity index (χ0v) is 9.40. The minimum Gasteiger partial charge on any atom is -0.466 e. The van der Waals surface area contributed by atoms with E-state index in [1.807, 2.05) is 0 Å². The van der Waals surface area contributed by atoms with Crippen LogP contribution in [-0.2, 0) is 14.3 Å². The van der Waals surface area contributed by atoms with Crippen molar-refractivity contribution < 1.29 is 23.5 Å². The van der Waals surface area contributed by atoms with E-state index in [9.17, 15) is 14.0 Å². The molecule has 90 valence electrons. The van der Waals surface area contributed by atoms with Gasteiger partial charge < -0.3 is 9.47 Å². The van der Waals surface area contributed by atoms with Gasteiger partial charge in [0.05, 0.1) is 19.8 Å². The second kappa shape index (κ2) is 5.79. The van der Waals surface area contributed by atoms with Gasteiger partial charge in [-0.15, -0.1) is 0 Å². The van der Waals surface area contributed by atoms with Gasteiger partial charge in [0.2, 0.25) is 0 Å². The number of carbonyl (C=O) groups excluding carboxylic acids is 2. The molecule has 0 aliphatic rings. The van der Waals surface area contributed by atoms with Crippen molar-refractivity contribution in [2.45, 2.75) is 0 Å². The van der Waals surface area contributed by atoms with Gasteiger partial charge in [-0.2, -0.15) is 0 Å². The summed E-state index contributed by atoms with van der Waals surface area (Å²) < 4.78 is 22.6. The van der Waals surface area contributed by atoms with Crippen molar-refractivity contribution >= 4 is 18.0 Å². The first-order chi connectivity index (χ1) is 8.10. The fourth-order valence-corrected chi connectivity index (χ4v) is 1.17. The third-order valence-corrected chi connectivity index (χ3v) is 2.03. The second-order valence-corrected chi connectivity index (χ2v) is 3.06. The van der Waals surface area contributed by atoms with Crippen LogP contribution >= 0.6 is 0 Å². The molecule has 0 unspecified atom stereocenters. The summed E-state index contributed by atoms with van der Waals surface area (Å²) in [6.07, 6.45) is 2.30. The summed E-state index contributed by atoms with van der Waals surface area (Å²) in [5, 5.41) is 0. The highest BCUT2D eigenvalue weighted by molar-refractivity contribution is 5.91. The molecule has 0 aliphatic carbocycles. The third kappa shape index (κ3) is 3.14. The van der Waals surface area contributed by atoms with Gasteiger partial charge in [0.25, 0.3) is 0 Å². The molecule has 0 radical (unpaired) electrons. The Kier molecular flexibility index (Phi) is 4.39. The molecule has 1 aromatic rings. The first-order valence-corrected chi connectivity index (χ1v) is 4.73. The molecule has 0 amide bonds. The first-order valence-electron chi connectivity index (χ1n) is 4.73. The Hall–Kier alpha value is -2.17. The van der Waals surface area contributed by atoms with Crippen LogP contribution in [-0.4, -0.2) is 26.2 Å². The predicted octanol–water partition coefficient (Wildman–Crippen LogP) is 1.80. The molecule has 4 nitrogen and oxygen atoms in total. The Bertz CT molecular complexity index is 466. The Balaban J connectivity index is 3.06. The maximum Gasteiger partial charge on any atom is 0.340 e. The molecule has 0 atom stereocenters. The lowest BCUT2D eigenvalue weighted by Crippen LogP contribution is -2.05. The number of esters is 2. The summed E-state index contributed by atoms with van der Waals surface area (Å²) in [5.74, 6) is -2.11. The Morgan fingerprint density at radius 3 is 2.53 bits per heavy atom. The Labute approximate surface area is 97.6 Å². The molecule has 17 heavy (non-hydrogen) atoms. The highest BCUT2D eigenvalue weighted by Crippen LogP contribution is 2.15. The van der Waals surface area contributed by atoms with E-state index in [4.69, 9.17) is 0 Å². The molecule has 0 heterocycles. The van der Waals surface area contributed by atoms with E-state index in [0.717, 1.165) is 6.08 Å². The summed E-state index contributed by atoms with van der Waals surface area (Å²) in [7, 11) is 2.38. The summed E-state index contributed by atoms with van der Waals surface area (Å²) in [4.78, 5) is 22.1. The lowest BCUT2D eigenvalue weighted by Gasteiger charge is -2.03. The second-order valence-electron chi connectivity index (χ2n) is 3.06. The predicted molar refractivity (Wildman–Crippen MR) is 58.8 cm³/mol. The number of ether oxygens (including phenoxy) is 2. The maximum absolute atomic E-state index is 13.8. The largest absolute Gasteiger partial charge is 0.466 e. The fraction of sp³-hybridized carbons (Fsp3) is 0.167. The lowest BCUT2D eigenvalue weighted by atomic mass is 10.1. The molecule has 0 aromatic heterocycles. The average Bonchev–Trinajstić information content (AvgIpc) is 2.36. The first kappa shape index (κ1) is 12.9. The van der Waals surface area contributed by atoms with E-state index in [1.54, 1.807) is 0 Å². The van der Waals surface area contributed by atoms with Crippen molar-refractivity contribution in [1.82, 2.24) is 0 Å².